The summed E-state index contributed by atoms with van der Waals surface area (Å²) in [6, 6.07) is 0.700. The molecule has 1 saturated carbocycles. The lowest BCUT2D eigenvalue weighted by Crippen LogP contribution is -2.53. The predicted molar refractivity (Wildman–Crippen MR) is 78.4 cm³/mol. The van der Waals surface area contributed by atoms with Gasteiger partial charge in [0, 0.05) is 19.2 Å². The van der Waals surface area contributed by atoms with Crippen molar-refractivity contribution in [2.75, 3.05) is 33.3 Å². The van der Waals surface area contributed by atoms with Gasteiger partial charge in [-0.1, -0.05) is 6.92 Å². The fourth-order valence-electron chi connectivity index (χ4n) is 3.85. The number of nitrogens with one attached hydrogen (secondary N) is 1. The third kappa shape index (κ3) is 3.14. The van der Waals surface area contributed by atoms with Crippen LogP contribution in [0, 0.1) is 5.41 Å². The average molecular weight is 266 g/mol. The SMILES string of the molecule is CN1CCC(C)(CNC2CCOC3(CCC3)C2)CC1. The second-order valence-corrected chi connectivity index (χ2v) is 7.57. The Balaban J connectivity index is 1.46. The molecule has 3 fully saturated rings. The van der Waals surface area contributed by atoms with Crippen LogP contribution >= 0.6 is 0 Å². The first-order valence-corrected chi connectivity index (χ1v) is 8.15. The van der Waals surface area contributed by atoms with Crippen molar-refractivity contribution in [2.24, 2.45) is 5.41 Å². The number of ether oxygens (including phenoxy) is 1. The smallest absolute Gasteiger partial charge is 0.0697 e. The van der Waals surface area contributed by atoms with Gasteiger partial charge in [-0.2, -0.15) is 0 Å². The van der Waals surface area contributed by atoms with Gasteiger partial charge in [0.15, 0.2) is 0 Å². The van der Waals surface area contributed by atoms with Crippen LogP contribution in [0.1, 0.15) is 51.9 Å². The topological polar surface area (TPSA) is 24.5 Å². The third-order valence-electron chi connectivity index (χ3n) is 5.77. The van der Waals surface area contributed by atoms with Crippen LogP contribution in [0.4, 0.5) is 0 Å². The van der Waals surface area contributed by atoms with Gasteiger partial charge in [-0.3, -0.25) is 0 Å². The van der Waals surface area contributed by atoms with Crippen molar-refractivity contribution in [3.8, 4) is 0 Å². The van der Waals surface area contributed by atoms with E-state index < -0.39 is 0 Å². The Hall–Kier alpha value is -0.120. The average Bonchev–Trinajstić information content (AvgIpc) is 2.39. The fraction of sp³-hybridized carbons (Fsp3) is 1.00. The van der Waals surface area contributed by atoms with Crippen LogP contribution in [-0.4, -0.2) is 49.8 Å². The lowest BCUT2D eigenvalue weighted by Gasteiger charge is -2.48. The molecule has 1 N–H and O–H groups in total. The second-order valence-electron chi connectivity index (χ2n) is 7.57. The molecule has 0 aromatic heterocycles. The van der Waals surface area contributed by atoms with Crippen LogP contribution in [-0.2, 0) is 4.74 Å². The maximum Gasteiger partial charge on any atom is 0.0697 e. The zero-order valence-electron chi connectivity index (χ0n) is 12.7. The fourth-order valence-corrected chi connectivity index (χ4v) is 3.85. The summed E-state index contributed by atoms with van der Waals surface area (Å²) >= 11 is 0. The van der Waals surface area contributed by atoms with Gasteiger partial charge >= 0.3 is 0 Å². The zero-order chi connectivity index (χ0) is 13.3. The predicted octanol–water partition coefficient (Wildman–Crippen LogP) is 2.41. The van der Waals surface area contributed by atoms with Gasteiger partial charge in [0.05, 0.1) is 5.60 Å². The molecule has 2 saturated heterocycles. The molecular formula is C16H30N2O. The molecule has 110 valence electrons. The molecule has 0 amide bonds. The quantitative estimate of drug-likeness (QED) is 0.849. The summed E-state index contributed by atoms with van der Waals surface area (Å²) in [6.45, 7) is 7.15. The van der Waals surface area contributed by atoms with Gasteiger partial charge in [0.2, 0.25) is 0 Å². The molecule has 2 heterocycles. The monoisotopic (exact) mass is 266 g/mol. The number of rotatable bonds is 3. The van der Waals surface area contributed by atoms with E-state index in [0.717, 1.165) is 6.61 Å². The normalized spacial score (nSPS) is 34.1. The lowest BCUT2D eigenvalue weighted by molar-refractivity contribution is -0.136. The van der Waals surface area contributed by atoms with E-state index in [9.17, 15) is 0 Å². The third-order valence-corrected chi connectivity index (χ3v) is 5.77. The van der Waals surface area contributed by atoms with E-state index >= 15 is 0 Å². The van der Waals surface area contributed by atoms with Gasteiger partial charge in [-0.25, -0.2) is 0 Å². The lowest BCUT2D eigenvalue weighted by atomic mass is 9.73. The number of piperidine rings is 1. The Morgan fingerprint density at radius 2 is 1.95 bits per heavy atom. The maximum atomic E-state index is 6.02. The van der Waals surface area contributed by atoms with E-state index in [1.807, 2.05) is 0 Å². The summed E-state index contributed by atoms with van der Waals surface area (Å²) in [7, 11) is 2.24. The number of likely N-dealkylation sites (tertiary alicyclic amines) is 1. The van der Waals surface area contributed by atoms with Crippen molar-refractivity contribution in [1.29, 1.82) is 0 Å². The van der Waals surface area contributed by atoms with Crippen molar-refractivity contribution in [3.05, 3.63) is 0 Å². The maximum absolute atomic E-state index is 6.02. The molecule has 0 aromatic carbocycles. The van der Waals surface area contributed by atoms with Crippen LogP contribution in [0.5, 0.6) is 0 Å². The molecule has 0 bridgehead atoms. The van der Waals surface area contributed by atoms with E-state index in [0.29, 0.717) is 11.5 Å². The van der Waals surface area contributed by atoms with Crippen LogP contribution in [0.3, 0.4) is 0 Å². The van der Waals surface area contributed by atoms with E-state index in [4.69, 9.17) is 4.74 Å². The minimum atomic E-state index is 0.281. The standard InChI is InChI=1S/C16H30N2O/c1-15(7-9-18(2)10-8-15)13-17-14-4-11-19-16(12-14)5-3-6-16/h14,17H,3-13H2,1-2H3. The van der Waals surface area contributed by atoms with Crippen molar-refractivity contribution in [2.45, 2.75) is 63.5 Å². The first kappa shape index (κ1) is 13.8. The van der Waals surface area contributed by atoms with E-state index in [1.54, 1.807) is 0 Å². The van der Waals surface area contributed by atoms with Crippen molar-refractivity contribution in [1.82, 2.24) is 10.2 Å². The molecule has 1 spiro atoms. The molecule has 3 nitrogen and oxygen atoms in total. The molecule has 2 aliphatic heterocycles. The van der Waals surface area contributed by atoms with Crippen LogP contribution < -0.4 is 5.32 Å². The summed E-state index contributed by atoms with van der Waals surface area (Å²) in [5, 5.41) is 3.87. The number of hydrogen-bond donors (Lipinski definition) is 1. The van der Waals surface area contributed by atoms with Gasteiger partial charge in [-0.05, 0) is 70.5 Å². The Morgan fingerprint density at radius 3 is 2.58 bits per heavy atom. The number of nitrogens with zero attached hydrogens (tertiary/aromatic N) is 1. The highest BCUT2D eigenvalue weighted by Gasteiger charge is 2.42. The summed E-state index contributed by atoms with van der Waals surface area (Å²) in [5.74, 6) is 0. The Kier molecular flexibility index (Phi) is 3.89. The van der Waals surface area contributed by atoms with Gasteiger partial charge in [0.25, 0.3) is 0 Å². The van der Waals surface area contributed by atoms with Gasteiger partial charge in [0.1, 0.15) is 0 Å². The molecule has 1 aliphatic carbocycles. The molecular weight excluding hydrogens is 236 g/mol. The van der Waals surface area contributed by atoms with Crippen molar-refractivity contribution >= 4 is 0 Å². The summed E-state index contributed by atoms with van der Waals surface area (Å²) in [4.78, 5) is 2.46. The van der Waals surface area contributed by atoms with E-state index in [-0.39, 0.29) is 5.60 Å². The summed E-state index contributed by atoms with van der Waals surface area (Å²) in [6.07, 6.45) is 9.10. The molecule has 1 atom stereocenters. The van der Waals surface area contributed by atoms with Crippen molar-refractivity contribution in [3.63, 3.8) is 0 Å². The zero-order valence-corrected chi connectivity index (χ0v) is 12.7. The van der Waals surface area contributed by atoms with Crippen molar-refractivity contribution < 1.29 is 4.74 Å². The Labute approximate surface area is 118 Å². The van der Waals surface area contributed by atoms with E-state index in [1.165, 1.54) is 64.6 Å². The molecule has 3 heteroatoms. The first-order chi connectivity index (χ1) is 9.09. The Bertz CT molecular complexity index is 306. The molecule has 3 rings (SSSR count). The van der Waals surface area contributed by atoms with Gasteiger partial charge in [-0.15, -0.1) is 0 Å². The minimum absolute atomic E-state index is 0.281. The first-order valence-electron chi connectivity index (χ1n) is 8.15. The summed E-state index contributed by atoms with van der Waals surface area (Å²) in [5.41, 5.74) is 0.793. The highest BCUT2D eigenvalue weighted by molar-refractivity contribution is 4.96. The molecule has 19 heavy (non-hydrogen) atoms. The second kappa shape index (κ2) is 5.34. The minimum Gasteiger partial charge on any atom is -0.375 e. The summed E-state index contributed by atoms with van der Waals surface area (Å²) < 4.78 is 6.02. The number of hydrogen-bond acceptors (Lipinski definition) is 3. The molecule has 0 radical (unpaired) electrons. The van der Waals surface area contributed by atoms with Crippen LogP contribution in [0.25, 0.3) is 0 Å². The molecule has 3 aliphatic rings. The van der Waals surface area contributed by atoms with Crippen LogP contribution in [0.2, 0.25) is 0 Å². The highest BCUT2D eigenvalue weighted by Crippen LogP contribution is 2.42. The van der Waals surface area contributed by atoms with Crippen LogP contribution in [0.15, 0.2) is 0 Å². The molecule has 1 unspecified atom stereocenters. The largest absolute Gasteiger partial charge is 0.375 e. The van der Waals surface area contributed by atoms with Gasteiger partial charge < -0.3 is 15.0 Å². The van der Waals surface area contributed by atoms with E-state index in [2.05, 4.69) is 24.2 Å². The Morgan fingerprint density at radius 1 is 1.21 bits per heavy atom. The molecule has 0 aromatic rings. The highest BCUT2D eigenvalue weighted by atomic mass is 16.5.